The van der Waals surface area contributed by atoms with Crippen molar-refractivity contribution in [3.8, 4) is 0 Å². The first-order valence-corrected chi connectivity index (χ1v) is 5.58. The number of halogens is 1. The molecule has 1 fully saturated rings. The molecule has 3 heteroatoms. The summed E-state index contributed by atoms with van der Waals surface area (Å²) in [5, 5.41) is 0. The fourth-order valence-electron chi connectivity index (χ4n) is 1.96. The third-order valence-electron chi connectivity index (χ3n) is 3.03. The van der Waals surface area contributed by atoms with Gasteiger partial charge in [0.05, 0.1) is 24.9 Å². The van der Waals surface area contributed by atoms with Crippen LogP contribution in [0.5, 0.6) is 0 Å². The number of benzene rings is 1. The molecule has 2 rings (SSSR count). The number of hydrogen-bond acceptors (Lipinski definition) is 2. The Kier molecular flexibility index (Phi) is 3.26. The molecular formula is C13H17FO2. The second kappa shape index (κ2) is 4.52. The van der Waals surface area contributed by atoms with E-state index >= 15 is 0 Å². The summed E-state index contributed by atoms with van der Waals surface area (Å²) >= 11 is 0. The van der Waals surface area contributed by atoms with E-state index in [1.54, 1.807) is 12.1 Å². The Morgan fingerprint density at radius 1 is 1.44 bits per heavy atom. The molecule has 1 atom stereocenters. The summed E-state index contributed by atoms with van der Waals surface area (Å²) in [4.78, 5) is 0. The molecule has 1 aliphatic heterocycles. The van der Waals surface area contributed by atoms with Gasteiger partial charge in [-0.25, -0.2) is 4.39 Å². The van der Waals surface area contributed by atoms with Crippen molar-refractivity contribution < 1.29 is 13.9 Å². The minimum absolute atomic E-state index is 0.0482. The Morgan fingerprint density at radius 3 is 2.81 bits per heavy atom. The van der Waals surface area contributed by atoms with Crippen molar-refractivity contribution in [2.24, 2.45) is 0 Å². The molecule has 2 nitrogen and oxygen atoms in total. The van der Waals surface area contributed by atoms with Crippen LogP contribution in [-0.2, 0) is 16.1 Å². The molecule has 16 heavy (non-hydrogen) atoms. The molecule has 0 saturated carbocycles. The maximum absolute atomic E-state index is 13.3. The molecule has 1 aromatic rings. The van der Waals surface area contributed by atoms with E-state index in [1.807, 2.05) is 19.9 Å². The Hall–Kier alpha value is -0.930. The van der Waals surface area contributed by atoms with Crippen LogP contribution in [0.3, 0.4) is 0 Å². The van der Waals surface area contributed by atoms with Crippen LogP contribution in [0, 0.1) is 5.82 Å². The Balaban J connectivity index is 1.95. The van der Waals surface area contributed by atoms with Crippen LogP contribution in [0.1, 0.15) is 25.8 Å². The smallest absolute Gasteiger partial charge is 0.128 e. The molecule has 0 N–H and O–H groups in total. The summed E-state index contributed by atoms with van der Waals surface area (Å²) in [6, 6.07) is 6.70. The van der Waals surface area contributed by atoms with Gasteiger partial charge in [-0.3, -0.25) is 0 Å². The second-order valence-electron chi connectivity index (χ2n) is 4.63. The van der Waals surface area contributed by atoms with E-state index in [9.17, 15) is 4.39 Å². The molecule has 1 saturated heterocycles. The molecule has 0 amide bonds. The van der Waals surface area contributed by atoms with Gasteiger partial charge in [0.25, 0.3) is 0 Å². The van der Waals surface area contributed by atoms with Gasteiger partial charge >= 0.3 is 0 Å². The summed E-state index contributed by atoms with van der Waals surface area (Å²) in [7, 11) is 0. The fourth-order valence-corrected chi connectivity index (χ4v) is 1.96. The molecule has 1 aliphatic rings. The van der Waals surface area contributed by atoms with Gasteiger partial charge in [0.15, 0.2) is 0 Å². The van der Waals surface area contributed by atoms with Gasteiger partial charge in [-0.05, 0) is 26.3 Å². The van der Waals surface area contributed by atoms with Gasteiger partial charge in [-0.2, -0.15) is 0 Å². The first kappa shape index (κ1) is 11.6. The number of ether oxygens (including phenoxy) is 2. The van der Waals surface area contributed by atoms with E-state index in [-0.39, 0.29) is 17.5 Å². The third kappa shape index (κ3) is 2.42. The minimum Gasteiger partial charge on any atom is -0.373 e. The van der Waals surface area contributed by atoms with Crippen LogP contribution in [0.4, 0.5) is 4.39 Å². The maximum Gasteiger partial charge on any atom is 0.128 e. The molecule has 0 aliphatic carbocycles. The van der Waals surface area contributed by atoms with Crippen LogP contribution < -0.4 is 0 Å². The molecule has 0 radical (unpaired) electrons. The summed E-state index contributed by atoms with van der Waals surface area (Å²) in [5.41, 5.74) is 0.343. The summed E-state index contributed by atoms with van der Waals surface area (Å²) < 4.78 is 24.6. The van der Waals surface area contributed by atoms with Gasteiger partial charge in [-0.1, -0.05) is 18.2 Å². The van der Waals surface area contributed by atoms with Gasteiger partial charge in [0, 0.05) is 5.56 Å². The Morgan fingerprint density at radius 2 is 2.19 bits per heavy atom. The van der Waals surface area contributed by atoms with Gasteiger partial charge in [0.1, 0.15) is 5.82 Å². The molecule has 0 spiro atoms. The van der Waals surface area contributed by atoms with Crippen molar-refractivity contribution in [2.45, 2.75) is 38.6 Å². The van der Waals surface area contributed by atoms with Crippen LogP contribution in [-0.4, -0.2) is 18.3 Å². The predicted octanol–water partition coefficient (Wildman–Crippen LogP) is 2.91. The van der Waals surface area contributed by atoms with Crippen LogP contribution in [0.25, 0.3) is 0 Å². The Labute approximate surface area is 95.4 Å². The quantitative estimate of drug-likeness (QED) is 0.786. The highest BCUT2D eigenvalue weighted by atomic mass is 19.1. The topological polar surface area (TPSA) is 18.5 Å². The predicted molar refractivity (Wildman–Crippen MR) is 59.6 cm³/mol. The average Bonchev–Trinajstić information content (AvgIpc) is 2.57. The zero-order valence-corrected chi connectivity index (χ0v) is 9.70. The Bertz CT molecular complexity index is 363. The molecule has 0 bridgehead atoms. The van der Waals surface area contributed by atoms with E-state index < -0.39 is 0 Å². The number of rotatable bonds is 3. The van der Waals surface area contributed by atoms with E-state index in [2.05, 4.69) is 0 Å². The van der Waals surface area contributed by atoms with E-state index in [0.717, 1.165) is 13.0 Å². The highest BCUT2D eigenvalue weighted by Gasteiger charge is 2.36. The van der Waals surface area contributed by atoms with Crippen LogP contribution >= 0.6 is 0 Å². The fraction of sp³-hybridized carbons (Fsp3) is 0.538. The molecular weight excluding hydrogens is 207 g/mol. The zero-order valence-electron chi connectivity index (χ0n) is 9.70. The van der Waals surface area contributed by atoms with E-state index in [4.69, 9.17) is 9.47 Å². The highest BCUT2D eigenvalue weighted by Crippen LogP contribution is 2.28. The lowest BCUT2D eigenvalue weighted by Gasteiger charge is -2.25. The zero-order chi connectivity index (χ0) is 11.6. The largest absolute Gasteiger partial charge is 0.373 e. The standard InChI is InChI=1S/C13H17FO2/c1-13(2)12(7-8-16-13)15-9-10-5-3-4-6-11(10)14/h3-6,12H,7-9H2,1-2H3. The first-order chi connectivity index (χ1) is 7.59. The number of hydrogen-bond donors (Lipinski definition) is 0. The summed E-state index contributed by atoms with van der Waals surface area (Å²) in [5.74, 6) is -0.209. The van der Waals surface area contributed by atoms with Crippen molar-refractivity contribution in [3.63, 3.8) is 0 Å². The van der Waals surface area contributed by atoms with Crippen molar-refractivity contribution in [1.82, 2.24) is 0 Å². The summed E-state index contributed by atoms with van der Waals surface area (Å²) in [6.07, 6.45) is 0.925. The lowest BCUT2D eigenvalue weighted by molar-refractivity contribution is -0.0698. The lowest BCUT2D eigenvalue weighted by atomic mass is 10.0. The molecule has 1 heterocycles. The molecule has 1 aromatic carbocycles. The molecule has 0 aromatic heterocycles. The third-order valence-corrected chi connectivity index (χ3v) is 3.03. The van der Waals surface area contributed by atoms with E-state index in [1.165, 1.54) is 6.07 Å². The van der Waals surface area contributed by atoms with Gasteiger partial charge < -0.3 is 9.47 Å². The first-order valence-electron chi connectivity index (χ1n) is 5.58. The molecule has 88 valence electrons. The average molecular weight is 224 g/mol. The van der Waals surface area contributed by atoms with E-state index in [0.29, 0.717) is 12.2 Å². The monoisotopic (exact) mass is 224 g/mol. The van der Waals surface area contributed by atoms with Crippen molar-refractivity contribution >= 4 is 0 Å². The second-order valence-corrected chi connectivity index (χ2v) is 4.63. The van der Waals surface area contributed by atoms with Crippen LogP contribution in [0.15, 0.2) is 24.3 Å². The minimum atomic E-state index is -0.259. The van der Waals surface area contributed by atoms with Crippen molar-refractivity contribution in [2.75, 3.05) is 6.61 Å². The summed E-state index contributed by atoms with van der Waals surface area (Å²) in [6.45, 7) is 5.04. The highest BCUT2D eigenvalue weighted by molar-refractivity contribution is 5.16. The van der Waals surface area contributed by atoms with Crippen molar-refractivity contribution in [3.05, 3.63) is 35.6 Å². The normalized spacial score (nSPS) is 23.6. The van der Waals surface area contributed by atoms with Gasteiger partial charge in [-0.15, -0.1) is 0 Å². The molecule has 1 unspecified atom stereocenters. The van der Waals surface area contributed by atoms with Crippen molar-refractivity contribution in [1.29, 1.82) is 0 Å². The maximum atomic E-state index is 13.3. The van der Waals surface area contributed by atoms with Gasteiger partial charge in [0.2, 0.25) is 0 Å². The lowest BCUT2D eigenvalue weighted by Crippen LogP contribution is -2.34. The SMILES string of the molecule is CC1(C)OCCC1OCc1ccccc1F. The van der Waals surface area contributed by atoms with Crippen LogP contribution in [0.2, 0.25) is 0 Å².